The minimum Gasteiger partial charge on any atom is -0.357 e. The minimum absolute atomic E-state index is 0. The van der Waals surface area contributed by atoms with Gasteiger partial charge >= 0.3 is 0 Å². The van der Waals surface area contributed by atoms with Crippen molar-refractivity contribution < 1.29 is 8.42 Å². The number of halogens is 1. The van der Waals surface area contributed by atoms with Gasteiger partial charge in [-0.2, -0.15) is 0 Å². The van der Waals surface area contributed by atoms with Gasteiger partial charge in [-0.3, -0.25) is 4.99 Å². The van der Waals surface area contributed by atoms with Crippen molar-refractivity contribution in [3.8, 4) is 0 Å². The Bertz CT molecular complexity index is 450. The zero-order chi connectivity index (χ0) is 15.1. The standard InChI is InChI=1S/C14H28N4O2S.HI/c1-2-15-14(17-13-6-11-21(19,20)12-13)16-7-5-10-18-8-3-4-9-18;/h13H,2-12H2,1H3,(H2,15,16,17);1H. The van der Waals surface area contributed by atoms with E-state index in [2.05, 4.69) is 20.5 Å². The van der Waals surface area contributed by atoms with E-state index in [1.807, 2.05) is 6.92 Å². The zero-order valence-corrected chi connectivity index (χ0v) is 16.5. The number of hydrogen-bond donors (Lipinski definition) is 2. The summed E-state index contributed by atoms with van der Waals surface area (Å²) in [5, 5.41) is 6.44. The third-order valence-electron chi connectivity index (χ3n) is 4.02. The second-order valence-corrected chi connectivity index (χ2v) is 8.14. The molecular formula is C14H29IN4O2S. The van der Waals surface area contributed by atoms with E-state index in [1.54, 1.807) is 0 Å². The predicted octanol–water partition coefficient (Wildman–Crippen LogP) is 0.833. The maximum absolute atomic E-state index is 11.5. The molecule has 130 valence electrons. The highest BCUT2D eigenvalue weighted by Gasteiger charge is 2.28. The average molecular weight is 444 g/mol. The molecule has 1 unspecified atom stereocenters. The van der Waals surface area contributed by atoms with Gasteiger partial charge in [0.1, 0.15) is 0 Å². The average Bonchev–Trinajstić information content (AvgIpc) is 3.04. The Morgan fingerprint density at radius 2 is 2.05 bits per heavy atom. The Balaban J connectivity index is 0.00000242. The molecule has 6 nitrogen and oxygen atoms in total. The molecule has 0 bridgehead atoms. The Morgan fingerprint density at radius 3 is 2.64 bits per heavy atom. The smallest absolute Gasteiger partial charge is 0.191 e. The molecule has 2 aliphatic heterocycles. The van der Waals surface area contributed by atoms with E-state index >= 15 is 0 Å². The van der Waals surface area contributed by atoms with Gasteiger partial charge in [-0.05, 0) is 52.2 Å². The third-order valence-corrected chi connectivity index (χ3v) is 5.79. The fraction of sp³-hybridized carbons (Fsp3) is 0.929. The van der Waals surface area contributed by atoms with Gasteiger partial charge in [-0.15, -0.1) is 24.0 Å². The molecular weight excluding hydrogens is 415 g/mol. The van der Waals surface area contributed by atoms with E-state index in [-0.39, 0.29) is 35.8 Å². The monoisotopic (exact) mass is 444 g/mol. The molecule has 0 saturated carbocycles. The molecule has 2 aliphatic rings. The van der Waals surface area contributed by atoms with E-state index in [0.29, 0.717) is 12.2 Å². The fourth-order valence-electron chi connectivity index (χ4n) is 2.91. The molecule has 0 aliphatic carbocycles. The van der Waals surface area contributed by atoms with Crippen LogP contribution >= 0.6 is 24.0 Å². The van der Waals surface area contributed by atoms with Crippen LogP contribution in [-0.4, -0.2) is 69.5 Å². The largest absolute Gasteiger partial charge is 0.357 e. The van der Waals surface area contributed by atoms with E-state index in [4.69, 9.17) is 0 Å². The summed E-state index contributed by atoms with van der Waals surface area (Å²) in [6, 6.07) is 0.00591. The number of likely N-dealkylation sites (tertiary alicyclic amines) is 1. The number of hydrogen-bond acceptors (Lipinski definition) is 4. The molecule has 2 N–H and O–H groups in total. The van der Waals surface area contributed by atoms with Crippen molar-refractivity contribution in [2.24, 2.45) is 4.99 Å². The minimum atomic E-state index is -2.84. The van der Waals surface area contributed by atoms with Crippen molar-refractivity contribution >= 4 is 39.8 Å². The number of rotatable bonds is 6. The molecule has 0 aromatic heterocycles. The first kappa shape index (κ1) is 20.0. The lowest BCUT2D eigenvalue weighted by atomic mass is 10.3. The van der Waals surface area contributed by atoms with E-state index in [0.717, 1.165) is 32.0 Å². The summed E-state index contributed by atoms with van der Waals surface area (Å²) in [5.41, 5.74) is 0. The molecule has 2 rings (SSSR count). The molecule has 2 heterocycles. The normalized spacial score (nSPS) is 25.0. The summed E-state index contributed by atoms with van der Waals surface area (Å²) < 4.78 is 23.0. The molecule has 0 radical (unpaired) electrons. The number of nitrogens with one attached hydrogen (secondary N) is 2. The molecule has 0 amide bonds. The highest BCUT2D eigenvalue weighted by molar-refractivity contribution is 14.0. The van der Waals surface area contributed by atoms with Gasteiger partial charge in [-0.1, -0.05) is 0 Å². The molecule has 0 aromatic rings. The van der Waals surface area contributed by atoms with Crippen LogP contribution in [0.15, 0.2) is 4.99 Å². The van der Waals surface area contributed by atoms with Crippen molar-refractivity contribution in [3.63, 3.8) is 0 Å². The summed E-state index contributed by atoms with van der Waals surface area (Å²) in [4.78, 5) is 7.04. The van der Waals surface area contributed by atoms with Gasteiger partial charge in [0.25, 0.3) is 0 Å². The van der Waals surface area contributed by atoms with Crippen LogP contribution in [0, 0.1) is 0 Å². The lowest BCUT2D eigenvalue weighted by Crippen LogP contribution is -2.44. The summed E-state index contributed by atoms with van der Waals surface area (Å²) >= 11 is 0. The van der Waals surface area contributed by atoms with Crippen molar-refractivity contribution in [2.75, 3.05) is 44.2 Å². The lowest BCUT2D eigenvalue weighted by molar-refractivity contribution is 0.336. The van der Waals surface area contributed by atoms with Gasteiger partial charge in [0.2, 0.25) is 0 Å². The van der Waals surface area contributed by atoms with Crippen molar-refractivity contribution in [2.45, 2.75) is 38.6 Å². The van der Waals surface area contributed by atoms with Crippen molar-refractivity contribution in [3.05, 3.63) is 0 Å². The molecule has 2 fully saturated rings. The van der Waals surface area contributed by atoms with E-state index < -0.39 is 9.84 Å². The molecule has 0 aromatic carbocycles. The van der Waals surface area contributed by atoms with E-state index in [9.17, 15) is 8.42 Å². The molecule has 8 heteroatoms. The quantitative estimate of drug-likeness (QED) is 0.275. The Morgan fingerprint density at radius 1 is 1.32 bits per heavy atom. The Kier molecular flexibility index (Phi) is 9.00. The van der Waals surface area contributed by atoms with Gasteiger partial charge in [0.15, 0.2) is 15.8 Å². The lowest BCUT2D eigenvalue weighted by Gasteiger charge is -2.16. The molecule has 1 atom stereocenters. The summed E-state index contributed by atoms with van der Waals surface area (Å²) in [6.45, 7) is 7.15. The summed E-state index contributed by atoms with van der Waals surface area (Å²) in [6.07, 6.45) is 4.38. The maximum Gasteiger partial charge on any atom is 0.191 e. The Hall–Kier alpha value is -0.0900. The van der Waals surface area contributed by atoms with Crippen LogP contribution < -0.4 is 10.6 Å². The fourth-order valence-corrected chi connectivity index (χ4v) is 4.59. The molecule has 22 heavy (non-hydrogen) atoms. The van der Waals surface area contributed by atoms with Crippen LogP contribution in [0.1, 0.15) is 32.6 Å². The SMILES string of the molecule is CCNC(=NCCCN1CCCC1)NC1CCS(=O)(=O)C1.I. The number of guanidine groups is 1. The zero-order valence-electron chi connectivity index (χ0n) is 13.4. The topological polar surface area (TPSA) is 73.8 Å². The number of sulfone groups is 1. The van der Waals surface area contributed by atoms with Gasteiger partial charge in [0.05, 0.1) is 11.5 Å². The first-order chi connectivity index (χ1) is 10.1. The van der Waals surface area contributed by atoms with Gasteiger partial charge < -0.3 is 15.5 Å². The van der Waals surface area contributed by atoms with Gasteiger partial charge in [-0.25, -0.2) is 8.42 Å². The second kappa shape index (κ2) is 9.92. The number of nitrogens with zero attached hydrogens (tertiary/aromatic N) is 2. The molecule has 0 spiro atoms. The maximum atomic E-state index is 11.5. The highest BCUT2D eigenvalue weighted by atomic mass is 127. The van der Waals surface area contributed by atoms with Crippen LogP contribution in [0.2, 0.25) is 0 Å². The van der Waals surface area contributed by atoms with Crippen molar-refractivity contribution in [1.29, 1.82) is 0 Å². The Labute approximate surface area is 151 Å². The summed E-state index contributed by atoms with van der Waals surface area (Å²) in [5.74, 6) is 1.27. The summed E-state index contributed by atoms with van der Waals surface area (Å²) in [7, 11) is -2.84. The van der Waals surface area contributed by atoms with Crippen LogP contribution in [-0.2, 0) is 9.84 Å². The van der Waals surface area contributed by atoms with Crippen LogP contribution in [0.3, 0.4) is 0 Å². The second-order valence-electron chi connectivity index (χ2n) is 5.91. The molecule has 2 saturated heterocycles. The van der Waals surface area contributed by atoms with Crippen LogP contribution in [0.5, 0.6) is 0 Å². The van der Waals surface area contributed by atoms with Crippen LogP contribution in [0.25, 0.3) is 0 Å². The van der Waals surface area contributed by atoms with Gasteiger partial charge in [0, 0.05) is 19.1 Å². The highest BCUT2D eigenvalue weighted by Crippen LogP contribution is 2.11. The van der Waals surface area contributed by atoms with Crippen LogP contribution in [0.4, 0.5) is 0 Å². The first-order valence-corrected chi connectivity index (χ1v) is 9.89. The number of aliphatic imine (C=N–C) groups is 1. The first-order valence-electron chi connectivity index (χ1n) is 8.07. The third kappa shape index (κ3) is 6.99. The van der Waals surface area contributed by atoms with Crippen molar-refractivity contribution in [1.82, 2.24) is 15.5 Å². The van der Waals surface area contributed by atoms with E-state index in [1.165, 1.54) is 25.9 Å². The predicted molar refractivity (Wildman–Crippen MR) is 102 cm³/mol.